The minimum atomic E-state index is 0.242. The van der Waals surface area contributed by atoms with Crippen molar-refractivity contribution < 1.29 is 0 Å². The molecule has 78 valence electrons. The molecule has 1 unspecified atom stereocenters. The van der Waals surface area contributed by atoms with Crippen LogP contribution in [0.3, 0.4) is 0 Å². The lowest BCUT2D eigenvalue weighted by Crippen LogP contribution is -2.55. The summed E-state index contributed by atoms with van der Waals surface area (Å²) in [5.74, 6) is 0. The van der Waals surface area contributed by atoms with Crippen molar-refractivity contribution in [1.82, 2.24) is 15.5 Å². The molecule has 0 bridgehead atoms. The highest BCUT2D eigenvalue weighted by Gasteiger charge is 2.29. The summed E-state index contributed by atoms with van der Waals surface area (Å²) < 4.78 is 0. The number of hydrogen-bond acceptors (Lipinski definition) is 3. The SMILES string of the molecule is CC1NCCNCCN(C)C1(C)C. The van der Waals surface area contributed by atoms with Crippen molar-refractivity contribution in [3.8, 4) is 0 Å². The molecule has 2 N–H and O–H groups in total. The molecule has 3 heteroatoms. The molecule has 0 spiro atoms. The Bertz CT molecular complexity index is 140. The molecule has 1 rings (SSSR count). The van der Waals surface area contributed by atoms with Gasteiger partial charge in [0.15, 0.2) is 0 Å². The maximum absolute atomic E-state index is 3.54. The first kappa shape index (κ1) is 11.0. The molecule has 0 aliphatic carbocycles. The van der Waals surface area contributed by atoms with Crippen molar-refractivity contribution >= 4 is 0 Å². The van der Waals surface area contributed by atoms with E-state index >= 15 is 0 Å². The van der Waals surface area contributed by atoms with Crippen LogP contribution in [0.4, 0.5) is 0 Å². The van der Waals surface area contributed by atoms with Gasteiger partial charge in [0.05, 0.1) is 0 Å². The minimum absolute atomic E-state index is 0.242. The Morgan fingerprint density at radius 3 is 2.62 bits per heavy atom. The summed E-state index contributed by atoms with van der Waals surface area (Å²) in [5, 5.41) is 6.95. The monoisotopic (exact) mass is 185 g/mol. The van der Waals surface area contributed by atoms with E-state index in [2.05, 4.69) is 43.4 Å². The lowest BCUT2D eigenvalue weighted by Gasteiger charge is -2.40. The first-order chi connectivity index (χ1) is 6.05. The van der Waals surface area contributed by atoms with Crippen LogP contribution < -0.4 is 10.6 Å². The zero-order chi connectivity index (χ0) is 9.90. The highest BCUT2D eigenvalue weighted by Crippen LogP contribution is 2.16. The van der Waals surface area contributed by atoms with E-state index in [-0.39, 0.29) is 5.54 Å². The summed E-state index contributed by atoms with van der Waals surface area (Å²) >= 11 is 0. The molecule has 3 nitrogen and oxygen atoms in total. The van der Waals surface area contributed by atoms with Gasteiger partial charge in [0.25, 0.3) is 0 Å². The van der Waals surface area contributed by atoms with E-state index in [1.807, 2.05) is 0 Å². The Balaban J connectivity index is 2.63. The van der Waals surface area contributed by atoms with Crippen LogP contribution >= 0.6 is 0 Å². The fraction of sp³-hybridized carbons (Fsp3) is 1.00. The molecular weight excluding hydrogens is 162 g/mol. The van der Waals surface area contributed by atoms with E-state index in [0.717, 1.165) is 26.2 Å². The zero-order valence-corrected chi connectivity index (χ0v) is 9.35. The second kappa shape index (κ2) is 4.40. The normalized spacial score (nSPS) is 31.8. The van der Waals surface area contributed by atoms with Crippen LogP contribution in [0.5, 0.6) is 0 Å². The van der Waals surface area contributed by atoms with Gasteiger partial charge in [-0.05, 0) is 27.8 Å². The van der Waals surface area contributed by atoms with Crippen LogP contribution in [0.1, 0.15) is 20.8 Å². The largest absolute Gasteiger partial charge is 0.314 e. The summed E-state index contributed by atoms with van der Waals surface area (Å²) in [6.45, 7) is 11.2. The van der Waals surface area contributed by atoms with Crippen LogP contribution in [-0.2, 0) is 0 Å². The molecule has 1 saturated heterocycles. The first-order valence-corrected chi connectivity index (χ1v) is 5.20. The van der Waals surface area contributed by atoms with E-state index in [1.165, 1.54) is 0 Å². The molecule has 0 radical (unpaired) electrons. The van der Waals surface area contributed by atoms with Crippen LogP contribution in [0.15, 0.2) is 0 Å². The van der Waals surface area contributed by atoms with Crippen molar-refractivity contribution in [2.24, 2.45) is 0 Å². The van der Waals surface area contributed by atoms with Crippen LogP contribution in [-0.4, -0.2) is 49.7 Å². The van der Waals surface area contributed by atoms with Gasteiger partial charge in [-0.25, -0.2) is 0 Å². The second-order valence-corrected chi connectivity index (χ2v) is 4.50. The maximum Gasteiger partial charge on any atom is 0.0301 e. The van der Waals surface area contributed by atoms with E-state index < -0.39 is 0 Å². The van der Waals surface area contributed by atoms with Crippen molar-refractivity contribution in [2.75, 3.05) is 33.2 Å². The second-order valence-electron chi connectivity index (χ2n) is 4.50. The Labute approximate surface area is 81.9 Å². The molecule has 0 saturated carbocycles. The summed E-state index contributed by atoms with van der Waals surface area (Å²) in [7, 11) is 2.20. The number of hydrogen-bond donors (Lipinski definition) is 2. The third-order valence-corrected chi connectivity index (χ3v) is 3.42. The Hall–Kier alpha value is -0.120. The number of nitrogens with zero attached hydrogens (tertiary/aromatic N) is 1. The fourth-order valence-corrected chi connectivity index (χ4v) is 1.62. The van der Waals surface area contributed by atoms with E-state index in [4.69, 9.17) is 0 Å². The molecule has 0 aromatic carbocycles. The standard InChI is InChI=1S/C10H23N3/c1-9-10(2,3)13(4)8-7-11-5-6-12-9/h9,11-12H,5-8H2,1-4H3. The van der Waals surface area contributed by atoms with Gasteiger partial charge in [0.2, 0.25) is 0 Å². The van der Waals surface area contributed by atoms with Gasteiger partial charge in [-0.1, -0.05) is 0 Å². The molecule has 1 aliphatic rings. The smallest absolute Gasteiger partial charge is 0.0301 e. The molecule has 0 amide bonds. The van der Waals surface area contributed by atoms with Gasteiger partial charge >= 0.3 is 0 Å². The van der Waals surface area contributed by atoms with Crippen molar-refractivity contribution in [1.29, 1.82) is 0 Å². The van der Waals surface area contributed by atoms with E-state index in [1.54, 1.807) is 0 Å². The Kier molecular flexibility index (Phi) is 3.71. The van der Waals surface area contributed by atoms with Crippen molar-refractivity contribution in [2.45, 2.75) is 32.4 Å². The third-order valence-electron chi connectivity index (χ3n) is 3.42. The van der Waals surface area contributed by atoms with Crippen molar-refractivity contribution in [3.63, 3.8) is 0 Å². The Morgan fingerprint density at radius 1 is 1.23 bits per heavy atom. The van der Waals surface area contributed by atoms with E-state index in [9.17, 15) is 0 Å². The number of rotatable bonds is 0. The average molecular weight is 185 g/mol. The highest BCUT2D eigenvalue weighted by atomic mass is 15.2. The fourth-order valence-electron chi connectivity index (χ4n) is 1.62. The van der Waals surface area contributed by atoms with Crippen LogP contribution in [0.2, 0.25) is 0 Å². The van der Waals surface area contributed by atoms with E-state index in [0.29, 0.717) is 6.04 Å². The molecule has 1 atom stereocenters. The lowest BCUT2D eigenvalue weighted by atomic mass is 9.94. The van der Waals surface area contributed by atoms with Crippen LogP contribution in [0, 0.1) is 0 Å². The topological polar surface area (TPSA) is 27.3 Å². The molecule has 1 fully saturated rings. The van der Waals surface area contributed by atoms with Gasteiger partial charge in [-0.3, -0.25) is 4.90 Å². The predicted octanol–water partition coefficient (Wildman–Crippen LogP) is 0.278. The van der Waals surface area contributed by atoms with Gasteiger partial charge in [0, 0.05) is 37.8 Å². The van der Waals surface area contributed by atoms with Gasteiger partial charge in [-0.2, -0.15) is 0 Å². The van der Waals surface area contributed by atoms with Crippen LogP contribution in [0.25, 0.3) is 0 Å². The lowest BCUT2D eigenvalue weighted by molar-refractivity contribution is 0.122. The average Bonchev–Trinajstić information content (AvgIpc) is 2.12. The quantitative estimate of drug-likeness (QED) is 0.567. The maximum atomic E-state index is 3.54. The minimum Gasteiger partial charge on any atom is -0.314 e. The summed E-state index contributed by atoms with van der Waals surface area (Å²) in [5.41, 5.74) is 0.242. The molecule has 13 heavy (non-hydrogen) atoms. The summed E-state index contributed by atoms with van der Waals surface area (Å²) in [6, 6.07) is 0.539. The third kappa shape index (κ3) is 2.66. The molecule has 1 aliphatic heterocycles. The van der Waals surface area contributed by atoms with Crippen molar-refractivity contribution in [3.05, 3.63) is 0 Å². The van der Waals surface area contributed by atoms with Gasteiger partial charge < -0.3 is 10.6 Å². The predicted molar refractivity (Wildman–Crippen MR) is 57.0 cm³/mol. The summed E-state index contributed by atoms with van der Waals surface area (Å²) in [4.78, 5) is 2.42. The molecule has 1 heterocycles. The molecule has 0 aromatic heterocycles. The molecule has 0 aromatic rings. The number of likely N-dealkylation sites (N-methyl/N-ethyl adjacent to an activating group) is 1. The Morgan fingerprint density at radius 2 is 1.92 bits per heavy atom. The molecular formula is C10H23N3. The zero-order valence-electron chi connectivity index (χ0n) is 9.35. The summed E-state index contributed by atoms with van der Waals surface area (Å²) in [6.07, 6.45) is 0. The van der Waals surface area contributed by atoms with Gasteiger partial charge in [-0.15, -0.1) is 0 Å². The number of nitrogens with one attached hydrogen (secondary N) is 2. The first-order valence-electron chi connectivity index (χ1n) is 5.20. The van der Waals surface area contributed by atoms with Gasteiger partial charge in [0.1, 0.15) is 0 Å². The highest BCUT2D eigenvalue weighted by molar-refractivity contribution is 4.90.